The molecule has 0 aliphatic carbocycles. The van der Waals surface area contributed by atoms with Gasteiger partial charge in [-0.25, -0.2) is 13.2 Å². The molecule has 1 unspecified atom stereocenters. The summed E-state index contributed by atoms with van der Waals surface area (Å²) in [5, 5.41) is 9.14. The Morgan fingerprint density at radius 1 is 1.00 bits per heavy atom. The van der Waals surface area contributed by atoms with Crippen molar-refractivity contribution in [1.82, 2.24) is 0 Å². The summed E-state index contributed by atoms with van der Waals surface area (Å²) in [6.07, 6.45) is 0.324. The zero-order valence-corrected chi connectivity index (χ0v) is 9.91. The van der Waals surface area contributed by atoms with Gasteiger partial charge in [-0.15, -0.1) is 0 Å². The van der Waals surface area contributed by atoms with Crippen LogP contribution >= 0.6 is 0 Å². The van der Waals surface area contributed by atoms with E-state index in [-0.39, 0.29) is 11.3 Å². The van der Waals surface area contributed by atoms with Gasteiger partial charge in [-0.05, 0) is 41.8 Å². The second kappa shape index (κ2) is 5.32. The summed E-state index contributed by atoms with van der Waals surface area (Å²) in [5.74, 6) is -3.89. The largest absolute Gasteiger partial charge is 0.508 e. The fourth-order valence-corrected chi connectivity index (χ4v) is 1.79. The second-order valence-corrected chi connectivity index (χ2v) is 4.28. The molecular weight excluding hydrogens is 255 g/mol. The van der Waals surface area contributed by atoms with Crippen molar-refractivity contribution in [1.29, 1.82) is 0 Å². The van der Waals surface area contributed by atoms with Crippen molar-refractivity contribution in [2.75, 3.05) is 0 Å². The second-order valence-electron chi connectivity index (χ2n) is 4.28. The summed E-state index contributed by atoms with van der Waals surface area (Å²) in [4.78, 5) is 0. The van der Waals surface area contributed by atoms with Crippen molar-refractivity contribution >= 4 is 0 Å². The molecule has 19 heavy (non-hydrogen) atoms. The smallest absolute Gasteiger partial charge is 0.194 e. The lowest BCUT2D eigenvalue weighted by molar-refractivity contribution is 0.443. The molecule has 2 aromatic carbocycles. The molecule has 1 atom stereocenters. The Labute approximate surface area is 108 Å². The molecular formula is C14H12F3NO. The number of halogens is 3. The summed E-state index contributed by atoms with van der Waals surface area (Å²) >= 11 is 0. The maximum Gasteiger partial charge on any atom is 0.194 e. The molecule has 2 aromatic rings. The highest BCUT2D eigenvalue weighted by molar-refractivity contribution is 5.29. The first kappa shape index (κ1) is 13.4. The van der Waals surface area contributed by atoms with Crippen LogP contribution in [0.4, 0.5) is 13.2 Å². The minimum Gasteiger partial charge on any atom is -0.508 e. The molecule has 0 heterocycles. The Balaban J connectivity index is 2.20. The van der Waals surface area contributed by atoms with Crippen LogP contribution in [0.1, 0.15) is 17.2 Å². The van der Waals surface area contributed by atoms with Gasteiger partial charge in [0.1, 0.15) is 5.75 Å². The number of nitrogens with two attached hydrogens (primary N) is 1. The molecule has 0 spiro atoms. The predicted octanol–water partition coefficient (Wildman–Crippen LogP) is 3.05. The zero-order valence-electron chi connectivity index (χ0n) is 9.91. The van der Waals surface area contributed by atoms with E-state index in [0.717, 1.165) is 17.7 Å². The monoisotopic (exact) mass is 267 g/mol. The van der Waals surface area contributed by atoms with Crippen molar-refractivity contribution in [2.45, 2.75) is 12.5 Å². The topological polar surface area (TPSA) is 46.2 Å². The molecule has 0 radical (unpaired) electrons. The fourth-order valence-electron chi connectivity index (χ4n) is 1.79. The molecule has 2 rings (SSSR count). The summed E-state index contributed by atoms with van der Waals surface area (Å²) in [6.45, 7) is 0. The lowest BCUT2D eigenvalue weighted by Crippen LogP contribution is -2.14. The number of phenolic OH excluding ortho intramolecular Hbond substituents is 1. The van der Waals surface area contributed by atoms with E-state index in [9.17, 15) is 13.2 Å². The SMILES string of the molecule is NC(Cc1ccc(O)cc1)c1cc(F)c(F)c(F)c1. The van der Waals surface area contributed by atoms with Gasteiger partial charge >= 0.3 is 0 Å². The molecule has 0 aliphatic heterocycles. The van der Waals surface area contributed by atoms with Gasteiger partial charge in [-0.1, -0.05) is 12.1 Å². The van der Waals surface area contributed by atoms with Crippen LogP contribution in [-0.2, 0) is 6.42 Å². The third-order valence-corrected chi connectivity index (χ3v) is 2.83. The number of hydrogen-bond donors (Lipinski definition) is 2. The number of rotatable bonds is 3. The first-order valence-corrected chi connectivity index (χ1v) is 5.65. The molecule has 0 aromatic heterocycles. The maximum atomic E-state index is 13.1. The summed E-state index contributed by atoms with van der Waals surface area (Å²) in [6, 6.07) is 7.43. The number of aromatic hydroxyl groups is 1. The fraction of sp³-hybridized carbons (Fsp3) is 0.143. The third-order valence-electron chi connectivity index (χ3n) is 2.83. The van der Waals surface area contributed by atoms with Gasteiger partial charge in [0.25, 0.3) is 0 Å². The molecule has 0 bridgehead atoms. The lowest BCUT2D eigenvalue weighted by Gasteiger charge is -2.13. The number of hydrogen-bond acceptors (Lipinski definition) is 2. The highest BCUT2D eigenvalue weighted by atomic mass is 19.2. The maximum absolute atomic E-state index is 13.1. The minimum atomic E-state index is -1.50. The molecule has 100 valence electrons. The molecule has 0 saturated carbocycles. The van der Waals surface area contributed by atoms with Gasteiger partial charge in [0, 0.05) is 6.04 Å². The molecule has 5 heteroatoms. The average molecular weight is 267 g/mol. The van der Waals surface area contributed by atoms with Crippen molar-refractivity contribution in [2.24, 2.45) is 5.73 Å². The quantitative estimate of drug-likeness (QED) is 0.839. The predicted molar refractivity (Wildman–Crippen MR) is 65.1 cm³/mol. The Morgan fingerprint density at radius 2 is 1.53 bits per heavy atom. The first-order valence-electron chi connectivity index (χ1n) is 5.65. The van der Waals surface area contributed by atoms with Crippen LogP contribution in [0.25, 0.3) is 0 Å². The Bertz CT molecular complexity index is 561. The van der Waals surface area contributed by atoms with Gasteiger partial charge in [-0.3, -0.25) is 0 Å². The van der Waals surface area contributed by atoms with E-state index in [1.807, 2.05) is 0 Å². The van der Waals surface area contributed by atoms with E-state index >= 15 is 0 Å². The van der Waals surface area contributed by atoms with Gasteiger partial charge in [-0.2, -0.15) is 0 Å². The van der Waals surface area contributed by atoms with Gasteiger partial charge in [0.05, 0.1) is 0 Å². The highest BCUT2D eigenvalue weighted by Gasteiger charge is 2.15. The van der Waals surface area contributed by atoms with Crippen LogP contribution in [-0.4, -0.2) is 5.11 Å². The molecule has 0 saturated heterocycles. The van der Waals surface area contributed by atoms with E-state index in [1.165, 1.54) is 12.1 Å². The van der Waals surface area contributed by atoms with Crippen LogP contribution in [0.15, 0.2) is 36.4 Å². The summed E-state index contributed by atoms with van der Waals surface area (Å²) < 4.78 is 39.0. The summed E-state index contributed by atoms with van der Waals surface area (Å²) in [5.41, 5.74) is 6.82. The van der Waals surface area contributed by atoms with E-state index in [1.54, 1.807) is 12.1 Å². The van der Waals surface area contributed by atoms with Crippen LogP contribution in [0.5, 0.6) is 5.75 Å². The molecule has 0 amide bonds. The van der Waals surface area contributed by atoms with Crippen molar-refractivity contribution in [3.05, 3.63) is 65.0 Å². The van der Waals surface area contributed by atoms with Crippen LogP contribution in [0, 0.1) is 17.5 Å². The van der Waals surface area contributed by atoms with Gasteiger partial charge in [0.2, 0.25) is 0 Å². The van der Waals surface area contributed by atoms with Gasteiger partial charge in [0.15, 0.2) is 17.5 Å². The Kier molecular flexibility index (Phi) is 3.76. The van der Waals surface area contributed by atoms with Crippen molar-refractivity contribution in [3.8, 4) is 5.75 Å². The van der Waals surface area contributed by atoms with Gasteiger partial charge < -0.3 is 10.8 Å². The minimum absolute atomic E-state index is 0.121. The molecule has 3 N–H and O–H groups in total. The highest BCUT2D eigenvalue weighted by Crippen LogP contribution is 2.21. The van der Waals surface area contributed by atoms with E-state index in [4.69, 9.17) is 10.8 Å². The third kappa shape index (κ3) is 3.06. The molecule has 0 aliphatic rings. The van der Waals surface area contributed by atoms with Crippen molar-refractivity contribution < 1.29 is 18.3 Å². The normalized spacial score (nSPS) is 12.4. The van der Waals surface area contributed by atoms with E-state index in [0.29, 0.717) is 6.42 Å². The number of benzene rings is 2. The van der Waals surface area contributed by atoms with Crippen LogP contribution in [0.2, 0.25) is 0 Å². The lowest BCUT2D eigenvalue weighted by atomic mass is 9.99. The Morgan fingerprint density at radius 3 is 2.05 bits per heavy atom. The number of phenols is 1. The first-order chi connectivity index (χ1) is 8.97. The Hall–Kier alpha value is -2.01. The molecule has 0 fully saturated rings. The van der Waals surface area contributed by atoms with Crippen LogP contribution in [0.3, 0.4) is 0 Å². The molecule has 2 nitrogen and oxygen atoms in total. The van der Waals surface area contributed by atoms with E-state index < -0.39 is 23.5 Å². The zero-order chi connectivity index (χ0) is 14.0. The van der Waals surface area contributed by atoms with E-state index in [2.05, 4.69) is 0 Å². The van der Waals surface area contributed by atoms with Crippen molar-refractivity contribution in [3.63, 3.8) is 0 Å². The van der Waals surface area contributed by atoms with Crippen LogP contribution < -0.4 is 5.73 Å². The standard InChI is InChI=1S/C14H12F3NO/c15-11-6-9(7-12(16)14(11)17)13(18)5-8-1-3-10(19)4-2-8/h1-4,6-7,13,19H,5,18H2. The average Bonchev–Trinajstić information content (AvgIpc) is 2.38. The summed E-state index contributed by atoms with van der Waals surface area (Å²) in [7, 11) is 0.